The molecule has 0 spiro atoms. The smallest absolute Gasteiger partial charge is 0.147 e. The lowest BCUT2D eigenvalue weighted by Gasteiger charge is -2.27. The molecule has 0 unspecified atom stereocenters. The Morgan fingerprint density at radius 1 is 0.913 bits per heavy atom. The summed E-state index contributed by atoms with van der Waals surface area (Å²) in [5, 5.41) is 0.756. The van der Waals surface area contributed by atoms with Gasteiger partial charge < -0.3 is 4.90 Å². The third-order valence-electron chi connectivity index (χ3n) is 4.39. The van der Waals surface area contributed by atoms with Crippen LogP contribution in [0.1, 0.15) is 19.3 Å². The molecule has 4 heteroatoms. The number of hydrogen-bond acceptors (Lipinski definition) is 3. The molecule has 1 fully saturated rings. The molecule has 2 heterocycles. The van der Waals surface area contributed by atoms with Gasteiger partial charge in [0, 0.05) is 23.7 Å². The maximum absolute atomic E-state index is 6.32. The number of halogens is 1. The van der Waals surface area contributed by atoms with Crippen molar-refractivity contribution in [3.63, 3.8) is 0 Å². The highest BCUT2D eigenvalue weighted by Crippen LogP contribution is 2.29. The Balaban J connectivity index is 1.76. The fraction of sp³-hybridized carbons (Fsp3) is 0.263. The fourth-order valence-corrected chi connectivity index (χ4v) is 3.38. The van der Waals surface area contributed by atoms with E-state index < -0.39 is 0 Å². The van der Waals surface area contributed by atoms with Crippen LogP contribution in [0.3, 0.4) is 0 Å². The molecule has 0 aliphatic carbocycles. The van der Waals surface area contributed by atoms with Crippen LogP contribution >= 0.6 is 11.6 Å². The summed E-state index contributed by atoms with van der Waals surface area (Å²) in [6, 6.07) is 14.0. The normalized spacial score (nSPS) is 15.1. The van der Waals surface area contributed by atoms with E-state index in [1.54, 1.807) is 0 Å². The minimum Gasteiger partial charge on any atom is -0.355 e. The second-order valence-corrected chi connectivity index (χ2v) is 6.37. The lowest BCUT2D eigenvalue weighted by Crippen LogP contribution is -2.30. The number of hydrogen-bond donors (Lipinski definition) is 0. The number of piperidine rings is 1. The molecule has 1 aliphatic heterocycles. The van der Waals surface area contributed by atoms with Crippen LogP contribution in [0, 0.1) is 0 Å². The van der Waals surface area contributed by atoms with E-state index in [-0.39, 0.29) is 0 Å². The van der Waals surface area contributed by atoms with Gasteiger partial charge in [0.15, 0.2) is 0 Å². The predicted octanol–water partition coefficient (Wildman–Crippen LogP) is 4.94. The molecule has 4 rings (SSSR count). The first-order valence-electron chi connectivity index (χ1n) is 8.08. The number of anilines is 1. The largest absolute Gasteiger partial charge is 0.355 e. The van der Waals surface area contributed by atoms with E-state index in [1.807, 2.05) is 36.5 Å². The highest BCUT2D eigenvalue weighted by molar-refractivity contribution is 6.33. The van der Waals surface area contributed by atoms with Gasteiger partial charge in [0.25, 0.3) is 0 Å². The Bertz CT molecular complexity index is 841. The molecule has 0 radical (unpaired) electrons. The van der Waals surface area contributed by atoms with E-state index in [9.17, 15) is 0 Å². The van der Waals surface area contributed by atoms with Crippen molar-refractivity contribution in [1.29, 1.82) is 0 Å². The molecule has 0 N–H and O–H groups in total. The Labute approximate surface area is 140 Å². The first kappa shape index (κ1) is 14.5. The van der Waals surface area contributed by atoms with Crippen LogP contribution < -0.4 is 4.90 Å². The average Bonchev–Trinajstić information content (AvgIpc) is 2.62. The number of nitrogens with zero attached hydrogens (tertiary/aromatic N) is 3. The van der Waals surface area contributed by atoms with Crippen LogP contribution in [-0.2, 0) is 0 Å². The van der Waals surface area contributed by atoms with Crippen molar-refractivity contribution >= 4 is 28.5 Å². The van der Waals surface area contributed by atoms with Gasteiger partial charge in [0.2, 0.25) is 0 Å². The summed E-state index contributed by atoms with van der Waals surface area (Å²) in [7, 11) is 0. The highest BCUT2D eigenvalue weighted by atomic mass is 35.5. The minimum atomic E-state index is 0.756. The molecular weight excluding hydrogens is 306 g/mol. The SMILES string of the molecule is Clc1ccccc1-c1ccc2ncc(N3CCCCC3)nc2c1. The molecule has 3 aromatic rings. The molecule has 0 bridgehead atoms. The standard InChI is InChI=1S/C19H18ClN3/c20-16-7-3-2-6-15(16)14-8-9-17-18(12-14)22-19(13-21-17)23-10-4-1-5-11-23/h2-3,6-9,12-13H,1,4-5,10-11H2. The first-order chi connectivity index (χ1) is 11.3. The predicted molar refractivity (Wildman–Crippen MR) is 96.0 cm³/mol. The van der Waals surface area contributed by atoms with E-state index in [2.05, 4.69) is 22.0 Å². The maximum atomic E-state index is 6.32. The Kier molecular flexibility index (Phi) is 3.88. The van der Waals surface area contributed by atoms with Gasteiger partial charge >= 0.3 is 0 Å². The van der Waals surface area contributed by atoms with Gasteiger partial charge in [-0.25, -0.2) is 4.98 Å². The lowest BCUT2D eigenvalue weighted by atomic mass is 10.0. The molecule has 3 nitrogen and oxygen atoms in total. The summed E-state index contributed by atoms with van der Waals surface area (Å²) < 4.78 is 0. The average molecular weight is 324 g/mol. The molecule has 0 atom stereocenters. The summed E-state index contributed by atoms with van der Waals surface area (Å²) in [4.78, 5) is 11.7. The van der Waals surface area contributed by atoms with E-state index in [0.29, 0.717) is 0 Å². The number of rotatable bonds is 2. The zero-order chi connectivity index (χ0) is 15.6. The third-order valence-corrected chi connectivity index (χ3v) is 4.72. The second-order valence-electron chi connectivity index (χ2n) is 5.96. The third kappa shape index (κ3) is 2.89. The zero-order valence-electron chi connectivity index (χ0n) is 12.9. The summed E-state index contributed by atoms with van der Waals surface area (Å²) in [5.74, 6) is 0.980. The quantitative estimate of drug-likeness (QED) is 0.669. The molecule has 1 aliphatic rings. The maximum Gasteiger partial charge on any atom is 0.147 e. The molecular formula is C19H18ClN3. The number of aromatic nitrogens is 2. The Hall–Kier alpha value is -2.13. The van der Waals surface area contributed by atoms with Crippen molar-refractivity contribution in [3.05, 3.63) is 53.7 Å². The molecule has 2 aromatic carbocycles. The van der Waals surface area contributed by atoms with E-state index in [0.717, 1.165) is 46.1 Å². The first-order valence-corrected chi connectivity index (χ1v) is 8.46. The molecule has 1 saturated heterocycles. The summed E-state index contributed by atoms with van der Waals surface area (Å²) in [6.45, 7) is 2.15. The van der Waals surface area contributed by atoms with Crippen molar-refractivity contribution in [3.8, 4) is 11.1 Å². The monoisotopic (exact) mass is 323 g/mol. The van der Waals surface area contributed by atoms with Crippen molar-refractivity contribution in [2.45, 2.75) is 19.3 Å². The van der Waals surface area contributed by atoms with E-state index >= 15 is 0 Å². The number of fused-ring (bicyclic) bond motifs is 1. The van der Waals surface area contributed by atoms with Gasteiger partial charge in [-0.1, -0.05) is 35.9 Å². The van der Waals surface area contributed by atoms with Crippen molar-refractivity contribution in [2.24, 2.45) is 0 Å². The lowest BCUT2D eigenvalue weighted by molar-refractivity contribution is 0.573. The Morgan fingerprint density at radius 2 is 1.74 bits per heavy atom. The van der Waals surface area contributed by atoms with Gasteiger partial charge in [-0.15, -0.1) is 0 Å². The number of benzene rings is 2. The van der Waals surface area contributed by atoms with Gasteiger partial charge in [-0.2, -0.15) is 0 Å². The van der Waals surface area contributed by atoms with E-state index in [4.69, 9.17) is 16.6 Å². The zero-order valence-corrected chi connectivity index (χ0v) is 13.6. The van der Waals surface area contributed by atoms with Gasteiger partial charge in [-0.05, 0) is 43.0 Å². The minimum absolute atomic E-state index is 0.756. The van der Waals surface area contributed by atoms with Crippen molar-refractivity contribution in [1.82, 2.24) is 9.97 Å². The summed E-state index contributed by atoms with van der Waals surface area (Å²) in [5.41, 5.74) is 3.95. The topological polar surface area (TPSA) is 29.0 Å². The molecule has 116 valence electrons. The Morgan fingerprint density at radius 3 is 2.57 bits per heavy atom. The van der Waals surface area contributed by atoms with Crippen LogP contribution in [0.15, 0.2) is 48.7 Å². The van der Waals surface area contributed by atoms with Crippen molar-refractivity contribution < 1.29 is 0 Å². The van der Waals surface area contributed by atoms with Crippen LogP contribution in [0.25, 0.3) is 22.2 Å². The second kappa shape index (κ2) is 6.17. The summed E-state index contributed by atoms with van der Waals surface area (Å²) >= 11 is 6.32. The van der Waals surface area contributed by atoms with Crippen molar-refractivity contribution in [2.75, 3.05) is 18.0 Å². The van der Waals surface area contributed by atoms with Gasteiger partial charge in [-0.3, -0.25) is 4.98 Å². The molecule has 1 aromatic heterocycles. The summed E-state index contributed by atoms with van der Waals surface area (Å²) in [6.07, 6.45) is 5.68. The molecule has 23 heavy (non-hydrogen) atoms. The van der Waals surface area contributed by atoms with Gasteiger partial charge in [0.1, 0.15) is 5.82 Å². The van der Waals surface area contributed by atoms with Crippen LogP contribution in [0.5, 0.6) is 0 Å². The van der Waals surface area contributed by atoms with Crippen LogP contribution in [-0.4, -0.2) is 23.1 Å². The highest BCUT2D eigenvalue weighted by Gasteiger charge is 2.13. The molecule has 0 saturated carbocycles. The fourth-order valence-electron chi connectivity index (χ4n) is 3.14. The van der Waals surface area contributed by atoms with Crippen LogP contribution in [0.4, 0.5) is 5.82 Å². The van der Waals surface area contributed by atoms with E-state index in [1.165, 1.54) is 19.3 Å². The van der Waals surface area contributed by atoms with Crippen LogP contribution in [0.2, 0.25) is 5.02 Å². The molecule has 0 amide bonds. The van der Waals surface area contributed by atoms with Gasteiger partial charge in [0.05, 0.1) is 17.2 Å².